The van der Waals surface area contributed by atoms with Crippen molar-refractivity contribution in [2.45, 2.75) is 76.4 Å². The predicted molar refractivity (Wildman–Crippen MR) is 128 cm³/mol. The van der Waals surface area contributed by atoms with Gasteiger partial charge >= 0.3 is 6.18 Å². The Hall–Kier alpha value is -2.42. The Morgan fingerprint density at radius 1 is 1.14 bits per heavy atom. The average Bonchev–Trinajstić information content (AvgIpc) is 3.10. The zero-order chi connectivity index (χ0) is 24.8. The number of alkyl halides is 3. The highest BCUT2D eigenvalue weighted by Gasteiger charge is 2.27. The summed E-state index contributed by atoms with van der Waals surface area (Å²) in [6.45, 7) is 2.91. The molecule has 0 aromatic carbocycles. The van der Waals surface area contributed by atoms with Crippen LogP contribution in [0.2, 0.25) is 0 Å². The minimum atomic E-state index is -4.14. The summed E-state index contributed by atoms with van der Waals surface area (Å²) < 4.78 is 39.3. The summed E-state index contributed by atoms with van der Waals surface area (Å²) in [5.41, 5.74) is 3.62. The lowest BCUT2D eigenvalue weighted by Gasteiger charge is -2.30. The Morgan fingerprint density at radius 2 is 1.91 bits per heavy atom. The molecule has 1 amide bonds. The first-order valence-electron chi connectivity index (χ1n) is 12.8. The molecule has 1 aliphatic heterocycles. The zero-order valence-electron chi connectivity index (χ0n) is 20.5. The molecule has 6 nitrogen and oxygen atoms in total. The van der Waals surface area contributed by atoms with Crippen LogP contribution < -0.4 is 5.32 Å². The van der Waals surface area contributed by atoms with Crippen LogP contribution in [0.5, 0.6) is 0 Å². The van der Waals surface area contributed by atoms with Gasteiger partial charge in [-0.05, 0) is 74.6 Å². The van der Waals surface area contributed by atoms with Gasteiger partial charge in [-0.15, -0.1) is 0 Å². The maximum Gasteiger partial charge on any atom is 0.389 e. The Balaban J connectivity index is 1.16. The highest BCUT2D eigenvalue weighted by Crippen LogP contribution is 2.28. The molecule has 1 aliphatic carbocycles. The number of rotatable bonds is 8. The first-order valence-corrected chi connectivity index (χ1v) is 12.8. The molecule has 0 atom stereocenters. The second-order valence-electron chi connectivity index (χ2n) is 10.1. The van der Waals surface area contributed by atoms with Crippen LogP contribution in [-0.4, -0.2) is 57.4 Å². The normalized spacial score (nSPS) is 21.4. The molecule has 2 aliphatic rings. The molecule has 0 bridgehead atoms. The number of carbonyl (C=O) groups is 1. The average molecular weight is 492 g/mol. The monoisotopic (exact) mass is 491 g/mol. The quantitative estimate of drug-likeness (QED) is 0.606. The minimum Gasteiger partial charge on any atom is -0.353 e. The summed E-state index contributed by atoms with van der Waals surface area (Å²) in [6, 6.07) is 4.00. The number of nitrogens with one attached hydrogen (secondary N) is 1. The summed E-state index contributed by atoms with van der Waals surface area (Å²) in [7, 11) is 1.85. The van der Waals surface area contributed by atoms with Crippen molar-refractivity contribution >= 4 is 5.91 Å². The standard InChI is InChI=1S/C26H36F3N5O/c1-33-18-20(17-30-33)16-25(35)32-22-5-2-19(3-6-22)9-13-34-14-10-21-4-7-23(8-12-26(27,28)29)31-24(21)11-15-34/h4,7,17-19,22H,2-3,5-6,8-16H2,1H3,(H,32,35). The fourth-order valence-corrected chi connectivity index (χ4v) is 5.29. The van der Waals surface area contributed by atoms with E-state index in [0.29, 0.717) is 18.0 Å². The molecule has 2 aromatic rings. The fraction of sp³-hybridized carbons (Fsp3) is 0.654. The number of fused-ring (bicyclic) bond motifs is 1. The number of hydrogen-bond acceptors (Lipinski definition) is 4. The molecule has 1 saturated carbocycles. The number of hydrogen-bond donors (Lipinski definition) is 1. The van der Waals surface area contributed by atoms with E-state index in [2.05, 4.69) is 20.3 Å². The van der Waals surface area contributed by atoms with Crippen LogP contribution in [0.15, 0.2) is 24.5 Å². The van der Waals surface area contributed by atoms with Crippen molar-refractivity contribution < 1.29 is 18.0 Å². The summed E-state index contributed by atoms with van der Waals surface area (Å²) in [6.07, 6.45) is 6.15. The Bertz CT molecular complexity index is 982. The first kappa shape index (κ1) is 25.7. The van der Waals surface area contributed by atoms with Gasteiger partial charge in [0.25, 0.3) is 0 Å². The molecule has 0 radical (unpaired) electrons. The van der Waals surface area contributed by atoms with Gasteiger partial charge in [0.1, 0.15) is 0 Å². The molecule has 3 heterocycles. The second-order valence-corrected chi connectivity index (χ2v) is 10.1. The molecule has 0 unspecified atom stereocenters. The lowest BCUT2D eigenvalue weighted by Crippen LogP contribution is -2.39. The molecule has 1 fully saturated rings. The van der Waals surface area contributed by atoms with Crippen molar-refractivity contribution in [3.63, 3.8) is 0 Å². The van der Waals surface area contributed by atoms with Crippen molar-refractivity contribution in [1.82, 2.24) is 25.0 Å². The zero-order valence-corrected chi connectivity index (χ0v) is 20.5. The van der Waals surface area contributed by atoms with E-state index in [-0.39, 0.29) is 18.4 Å². The Labute approximate surface area is 205 Å². The third-order valence-electron chi connectivity index (χ3n) is 7.34. The van der Waals surface area contributed by atoms with Crippen molar-refractivity contribution in [2.24, 2.45) is 13.0 Å². The molecule has 0 spiro atoms. The number of aryl methyl sites for hydroxylation is 2. The van der Waals surface area contributed by atoms with E-state index >= 15 is 0 Å². The summed E-state index contributed by atoms with van der Waals surface area (Å²) in [4.78, 5) is 19.3. The smallest absolute Gasteiger partial charge is 0.353 e. The molecule has 4 rings (SSSR count). The molecule has 9 heteroatoms. The van der Waals surface area contributed by atoms with Gasteiger partial charge in [0.2, 0.25) is 5.91 Å². The number of pyridine rings is 1. The SMILES string of the molecule is Cn1cc(CC(=O)NC2CCC(CCN3CCc4ccc(CCC(F)(F)F)nc4CC3)CC2)cn1. The van der Waals surface area contributed by atoms with E-state index in [1.54, 1.807) is 16.9 Å². The Morgan fingerprint density at radius 3 is 2.63 bits per heavy atom. The van der Waals surface area contributed by atoms with Crippen molar-refractivity contribution in [1.29, 1.82) is 0 Å². The van der Waals surface area contributed by atoms with E-state index in [1.807, 2.05) is 19.3 Å². The molecule has 1 N–H and O–H groups in total. The topological polar surface area (TPSA) is 63.1 Å². The highest BCUT2D eigenvalue weighted by atomic mass is 19.4. The van der Waals surface area contributed by atoms with Crippen LogP contribution in [0.3, 0.4) is 0 Å². The molecular formula is C26H36F3N5O. The number of carbonyl (C=O) groups excluding carboxylic acids is 1. The molecular weight excluding hydrogens is 455 g/mol. The van der Waals surface area contributed by atoms with E-state index in [9.17, 15) is 18.0 Å². The second kappa shape index (κ2) is 11.5. The summed E-state index contributed by atoms with van der Waals surface area (Å²) in [5.74, 6) is 0.750. The van der Waals surface area contributed by atoms with E-state index in [1.165, 1.54) is 5.56 Å². The predicted octanol–water partition coefficient (Wildman–Crippen LogP) is 4.02. The van der Waals surface area contributed by atoms with Crippen molar-refractivity contribution in [2.75, 3.05) is 19.6 Å². The lowest BCUT2D eigenvalue weighted by atomic mass is 9.84. The Kier molecular flexibility index (Phi) is 8.46. The van der Waals surface area contributed by atoms with Gasteiger partial charge in [-0.25, -0.2) is 0 Å². The molecule has 35 heavy (non-hydrogen) atoms. The summed E-state index contributed by atoms with van der Waals surface area (Å²) in [5, 5.41) is 7.30. The number of aromatic nitrogens is 3. The van der Waals surface area contributed by atoms with Gasteiger partial charge in [-0.2, -0.15) is 18.3 Å². The third kappa shape index (κ3) is 8.05. The van der Waals surface area contributed by atoms with Gasteiger partial charge in [-0.1, -0.05) is 6.07 Å². The number of nitrogens with zero attached hydrogens (tertiary/aromatic N) is 4. The van der Waals surface area contributed by atoms with Crippen LogP contribution in [0.25, 0.3) is 0 Å². The van der Waals surface area contributed by atoms with Gasteiger partial charge in [-0.3, -0.25) is 14.5 Å². The number of amides is 1. The third-order valence-corrected chi connectivity index (χ3v) is 7.34. The molecule has 192 valence electrons. The van der Waals surface area contributed by atoms with Crippen LogP contribution in [0.1, 0.15) is 61.0 Å². The van der Waals surface area contributed by atoms with Crippen LogP contribution >= 0.6 is 0 Å². The fourth-order valence-electron chi connectivity index (χ4n) is 5.29. The van der Waals surface area contributed by atoms with Crippen LogP contribution in [-0.2, 0) is 37.5 Å². The molecule has 0 saturated heterocycles. The first-order chi connectivity index (χ1) is 16.7. The molecule has 2 aromatic heterocycles. The number of halogens is 3. The van der Waals surface area contributed by atoms with Gasteiger partial charge < -0.3 is 10.2 Å². The van der Waals surface area contributed by atoms with Crippen molar-refractivity contribution in [3.05, 3.63) is 47.0 Å². The van der Waals surface area contributed by atoms with Gasteiger partial charge in [0.05, 0.1) is 12.6 Å². The maximum atomic E-state index is 12.5. The summed E-state index contributed by atoms with van der Waals surface area (Å²) >= 11 is 0. The largest absolute Gasteiger partial charge is 0.389 e. The lowest BCUT2D eigenvalue weighted by molar-refractivity contribution is -0.134. The van der Waals surface area contributed by atoms with E-state index < -0.39 is 12.6 Å². The maximum absolute atomic E-state index is 12.5. The van der Waals surface area contributed by atoms with Crippen molar-refractivity contribution in [3.8, 4) is 0 Å². The highest BCUT2D eigenvalue weighted by molar-refractivity contribution is 5.78. The van der Waals surface area contributed by atoms with Crippen LogP contribution in [0.4, 0.5) is 13.2 Å². The minimum absolute atomic E-state index is 0.0485. The van der Waals surface area contributed by atoms with Crippen LogP contribution in [0, 0.1) is 5.92 Å². The van der Waals surface area contributed by atoms with Gasteiger partial charge in [0.15, 0.2) is 0 Å². The van der Waals surface area contributed by atoms with Gasteiger partial charge in [0, 0.05) is 56.6 Å². The van der Waals surface area contributed by atoms with E-state index in [4.69, 9.17) is 0 Å². The van der Waals surface area contributed by atoms with E-state index in [0.717, 1.165) is 75.8 Å².